The fourth-order valence-electron chi connectivity index (χ4n) is 3.15. The van der Waals surface area contributed by atoms with Gasteiger partial charge < -0.3 is 14.6 Å². The average Bonchev–Trinajstić information content (AvgIpc) is 2.98. The van der Waals surface area contributed by atoms with Crippen LogP contribution in [0.25, 0.3) is 0 Å². The number of nitrogens with zero attached hydrogens (tertiary/aromatic N) is 2. The highest BCUT2D eigenvalue weighted by Gasteiger charge is 2.36. The molecule has 1 saturated heterocycles. The molecule has 0 aromatic carbocycles. The van der Waals surface area contributed by atoms with Gasteiger partial charge >= 0.3 is 0 Å². The molecule has 5 heteroatoms. The first-order chi connectivity index (χ1) is 10.2. The standard InChI is InChI=1S/C17H27N3O.HI/c1-13(2)19-17(18-9-7-16-4-3-11-21-16)20-10-8-15(12-20)14-5-6-14;/h3-4,11,13-15H,5-10,12H2,1-2H3,(H,18,19);1H. The van der Waals surface area contributed by atoms with Gasteiger partial charge in [0.1, 0.15) is 5.76 Å². The summed E-state index contributed by atoms with van der Waals surface area (Å²) in [4.78, 5) is 7.26. The largest absolute Gasteiger partial charge is 0.469 e. The SMILES string of the molecule is CC(C)NC(=NCCc1ccco1)N1CCC(C2CC2)C1.I. The molecule has 2 heterocycles. The van der Waals surface area contributed by atoms with Gasteiger partial charge in [-0.05, 0) is 57.1 Å². The molecule has 3 rings (SSSR count). The van der Waals surface area contributed by atoms with Crippen LogP contribution in [0.5, 0.6) is 0 Å². The molecule has 124 valence electrons. The first-order valence-electron chi connectivity index (χ1n) is 8.30. The zero-order valence-electron chi connectivity index (χ0n) is 13.6. The molecule has 1 saturated carbocycles. The van der Waals surface area contributed by atoms with Crippen LogP contribution in [0.2, 0.25) is 0 Å². The van der Waals surface area contributed by atoms with Gasteiger partial charge in [-0.1, -0.05) is 0 Å². The second kappa shape index (κ2) is 8.22. The van der Waals surface area contributed by atoms with Gasteiger partial charge in [0.25, 0.3) is 0 Å². The van der Waals surface area contributed by atoms with E-state index in [1.54, 1.807) is 6.26 Å². The molecule has 0 radical (unpaired) electrons. The molecule has 1 aliphatic carbocycles. The van der Waals surface area contributed by atoms with Gasteiger partial charge in [0.2, 0.25) is 0 Å². The van der Waals surface area contributed by atoms with Crippen LogP contribution in [-0.2, 0) is 6.42 Å². The summed E-state index contributed by atoms with van der Waals surface area (Å²) >= 11 is 0. The molecule has 1 N–H and O–H groups in total. The Morgan fingerprint density at radius 2 is 2.18 bits per heavy atom. The lowest BCUT2D eigenvalue weighted by molar-refractivity contribution is 0.430. The Kier molecular flexibility index (Phi) is 6.59. The molecule has 1 aromatic heterocycles. The van der Waals surface area contributed by atoms with E-state index in [-0.39, 0.29) is 24.0 Å². The van der Waals surface area contributed by atoms with Crippen LogP contribution in [0.3, 0.4) is 0 Å². The van der Waals surface area contributed by atoms with Crippen LogP contribution in [-0.4, -0.2) is 36.5 Å². The third-order valence-electron chi connectivity index (χ3n) is 4.43. The molecule has 22 heavy (non-hydrogen) atoms. The zero-order valence-corrected chi connectivity index (χ0v) is 16.0. The second-order valence-electron chi connectivity index (χ2n) is 6.67. The quantitative estimate of drug-likeness (QED) is 0.453. The third kappa shape index (κ3) is 4.89. The van der Waals surface area contributed by atoms with Crippen molar-refractivity contribution in [3.63, 3.8) is 0 Å². The summed E-state index contributed by atoms with van der Waals surface area (Å²) in [5.41, 5.74) is 0. The van der Waals surface area contributed by atoms with Gasteiger partial charge in [-0.3, -0.25) is 4.99 Å². The lowest BCUT2D eigenvalue weighted by Crippen LogP contribution is -2.43. The van der Waals surface area contributed by atoms with E-state index in [1.165, 1.54) is 25.8 Å². The minimum atomic E-state index is 0. The summed E-state index contributed by atoms with van der Waals surface area (Å²) < 4.78 is 5.38. The van der Waals surface area contributed by atoms with Gasteiger partial charge in [0.15, 0.2) is 5.96 Å². The molecule has 1 atom stereocenters. The fourth-order valence-corrected chi connectivity index (χ4v) is 3.15. The van der Waals surface area contributed by atoms with Crippen molar-refractivity contribution in [2.45, 2.75) is 45.6 Å². The first-order valence-corrected chi connectivity index (χ1v) is 8.30. The van der Waals surface area contributed by atoms with Gasteiger partial charge in [0.05, 0.1) is 6.26 Å². The molecule has 0 bridgehead atoms. The van der Waals surface area contributed by atoms with Crippen LogP contribution in [0.4, 0.5) is 0 Å². The highest BCUT2D eigenvalue weighted by atomic mass is 127. The molecular weight excluding hydrogens is 389 g/mol. The Morgan fingerprint density at radius 3 is 2.82 bits per heavy atom. The van der Waals surface area contributed by atoms with Crippen molar-refractivity contribution >= 4 is 29.9 Å². The van der Waals surface area contributed by atoms with E-state index in [1.807, 2.05) is 12.1 Å². The highest BCUT2D eigenvalue weighted by molar-refractivity contribution is 14.0. The van der Waals surface area contributed by atoms with Gasteiger partial charge in [0, 0.05) is 32.1 Å². The number of nitrogens with one attached hydrogen (secondary N) is 1. The predicted octanol–water partition coefficient (Wildman–Crippen LogP) is 3.53. The van der Waals surface area contributed by atoms with Crippen molar-refractivity contribution in [2.24, 2.45) is 16.8 Å². The van der Waals surface area contributed by atoms with Crippen LogP contribution < -0.4 is 5.32 Å². The molecule has 2 fully saturated rings. The van der Waals surface area contributed by atoms with Crippen LogP contribution in [0.1, 0.15) is 38.9 Å². The van der Waals surface area contributed by atoms with E-state index in [9.17, 15) is 0 Å². The van der Waals surface area contributed by atoms with Crippen LogP contribution in [0, 0.1) is 11.8 Å². The highest BCUT2D eigenvalue weighted by Crippen LogP contribution is 2.41. The van der Waals surface area contributed by atoms with Crippen molar-refractivity contribution in [3.05, 3.63) is 24.2 Å². The number of hydrogen-bond acceptors (Lipinski definition) is 2. The minimum absolute atomic E-state index is 0. The monoisotopic (exact) mass is 417 g/mol. The van der Waals surface area contributed by atoms with Crippen molar-refractivity contribution in [3.8, 4) is 0 Å². The number of rotatable bonds is 5. The predicted molar refractivity (Wildman–Crippen MR) is 101 cm³/mol. The molecule has 1 unspecified atom stereocenters. The maximum Gasteiger partial charge on any atom is 0.194 e. The zero-order chi connectivity index (χ0) is 14.7. The number of hydrogen-bond donors (Lipinski definition) is 1. The van der Waals surface area contributed by atoms with E-state index in [0.29, 0.717) is 6.04 Å². The number of likely N-dealkylation sites (tertiary alicyclic amines) is 1. The normalized spacial score (nSPS) is 22.0. The summed E-state index contributed by atoms with van der Waals surface area (Å²) in [7, 11) is 0. The van der Waals surface area contributed by atoms with Crippen molar-refractivity contribution in [1.82, 2.24) is 10.2 Å². The summed E-state index contributed by atoms with van der Waals surface area (Å²) in [6, 6.07) is 4.38. The number of guanidine groups is 1. The first kappa shape index (κ1) is 17.6. The Morgan fingerprint density at radius 1 is 1.36 bits per heavy atom. The van der Waals surface area contributed by atoms with E-state index in [2.05, 4.69) is 24.1 Å². The Bertz CT molecular complexity index is 468. The van der Waals surface area contributed by atoms with Crippen LogP contribution >= 0.6 is 24.0 Å². The Balaban J connectivity index is 0.00000176. The van der Waals surface area contributed by atoms with Gasteiger partial charge in [-0.25, -0.2) is 0 Å². The smallest absolute Gasteiger partial charge is 0.194 e. The third-order valence-corrected chi connectivity index (χ3v) is 4.43. The van der Waals surface area contributed by atoms with E-state index in [4.69, 9.17) is 9.41 Å². The fraction of sp³-hybridized carbons (Fsp3) is 0.706. The van der Waals surface area contributed by atoms with E-state index >= 15 is 0 Å². The van der Waals surface area contributed by atoms with E-state index < -0.39 is 0 Å². The number of furan rings is 1. The van der Waals surface area contributed by atoms with Crippen molar-refractivity contribution < 1.29 is 4.42 Å². The van der Waals surface area contributed by atoms with Crippen LogP contribution in [0.15, 0.2) is 27.8 Å². The minimum Gasteiger partial charge on any atom is -0.469 e. The number of halogens is 1. The Hall–Kier alpha value is -0.720. The number of aliphatic imine (C=N–C) groups is 1. The molecule has 2 aliphatic rings. The maximum atomic E-state index is 5.38. The Labute approximate surface area is 150 Å². The summed E-state index contributed by atoms with van der Waals surface area (Å²) in [6.45, 7) is 7.48. The maximum absolute atomic E-state index is 5.38. The lowest BCUT2D eigenvalue weighted by Gasteiger charge is -2.24. The molecule has 4 nitrogen and oxygen atoms in total. The summed E-state index contributed by atoms with van der Waals surface area (Å²) in [5.74, 6) is 3.99. The molecule has 0 spiro atoms. The molecule has 1 aliphatic heterocycles. The topological polar surface area (TPSA) is 40.8 Å². The summed E-state index contributed by atoms with van der Waals surface area (Å²) in [5, 5.41) is 3.53. The average molecular weight is 417 g/mol. The molecular formula is C17H28IN3O. The second-order valence-corrected chi connectivity index (χ2v) is 6.67. The summed E-state index contributed by atoms with van der Waals surface area (Å²) in [6.07, 6.45) is 6.83. The van der Waals surface area contributed by atoms with E-state index in [0.717, 1.165) is 43.1 Å². The van der Waals surface area contributed by atoms with Crippen molar-refractivity contribution in [2.75, 3.05) is 19.6 Å². The van der Waals surface area contributed by atoms with Gasteiger partial charge in [-0.15, -0.1) is 24.0 Å². The lowest BCUT2D eigenvalue weighted by atomic mass is 10.0. The van der Waals surface area contributed by atoms with Gasteiger partial charge in [-0.2, -0.15) is 0 Å². The molecule has 1 aromatic rings. The van der Waals surface area contributed by atoms with Crippen molar-refractivity contribution in [1.29, 1.82) is 0 Å². The molecule has 0 amide bonds.